The number of nitrogens with one attached hydrogen (secondary N) is 1. The van der Waals surface area contributed by atoms with Crippen molar-refractivity contribution in [2.24, 2.45) is 0 Å². The number of ether oxygens (including phenoxy) is 1. The van der Waals surface area contributed by atoms with Crippen molar-refractivity contribution in [1.29, 1.82) is 0 Å². The Bertz CT molecular complexity index is 855. The maximum Gasteiger partial charge on any atom is 0.228 e. The molecule has 0 saturated heterocycles. The number of benzene rings is 2. The molecule has 0 bridgehead atoms. The number of anilines is 2. The summed E-state index contributed by atoms with van der Waals surface area (Å²) in [5, 5.41) is 12.8. The molecule has 0 saturated carbocycles. The second-order valence-corrected chi connectivity index (χ2v) is 5.32. The Kier molecular flexibility index (Phi) is 5.06. The standard InChI is InChI=1S/C18H19N5O2/c1-25-15-9-5-8-13(14(15)11-24)16-21-17(19)23-18(22-16)20-10-12-6-3-2-4-7-12/h2-9,24H,10-11H2,1H3,(H3,19,20,21,22,23). The Balaban J connectivity index is 1.92. The van der Waals surface area contributed by atoms with Crippen LogP contribution in [-0.4, -0.2) is 27.2 Å². The monoisotopic (exact) mass is 337 g/mol. The molecule has 2 aromatic carbocycles. The molecule has 3 rings (SSSR count). The molecule has 7 heteroatoms. The van der Waals surface area contributed by atoms with Gasteiger partial charge in [-0.15, -0.1) is 0 Å². The van der Waals surface area contributed by atoms with Gasteiger partial charge in [0, 0.05) is 17.7 Å². The number of nitrogens with zero attached hydrogens (tertiary/aromatic N) is 3. The molecule has 4 N–H and O–H groups in total. The van der Waals surface area contributed by atoms with Gasteiger partial charge in [-0.3, -0.25) is 0 Å². The third kappa shape index (κ3) is 3.84. The van der Waals surface area contributed by atoms with Crippen molar-refractivity contribution in [2.75, 3.05) is 18.2 Å². The molecule has 0 aliphatic rings. The molecular formula is C18H19N5O2. The van der Waals surface area contributed by atoms with E-state index in [0.717, 1.165) is 5.56 Å². The number of hydrogen-bond donors (Lipinski definition) is 3. The highest BCUT2D eigenvalue weighted by molar-refractivity contribution is 5.65. The first-order valence-corrected chi connectivity index (χ1v) is 7.77. The van der Waals surface area contributed by atoms with Crippen LogP contribution in [0.3, 0.4) is 0 Å². The van der Waals surface area contributed by atoms with Crippen LogP contribution in [-0.2, 0) is 13.2 Å². The van der Waals surface area contributed by atoms with Crippen LogP contribution >= 0.6 is 0 Å². The Morgan fingerprint density at radius 1 is 1.04 bits per heavy atom. The summed E-state index contributed by atoms with van der Waals surface area (Å²) in [6.07, 6.45) is 0. The van der Waals surface area contributed by atoms with Gasteiger partial charge in [-0.05, 0) is 11.6 Å². The van der Waals surface area contributed by atoms with Crippen LogP contribution < -0.4 is 15.8 Å². The van der Waals surface area contributed by atoms with Gasteiger partial charge in [0.05, 0.1) is 13.7 Å². The van der Waals surface area contributed by atoms with Crippen LogP contribution in [0.1, 0.15) is 11.1 Å². The van der Waals surface area contributed by atoms with E-state index in [0.29, 0.717) is 35.2 Å². The summed E-state index contributed by atoms with van der Waals surface area (Å²) in [7, 11) is 1.55. The highest BCUT2D eigenvalue weighted by atomic mass is 16.5. The molecule has 0 aliphatic carbocycles. The third-order valence-corrected chi connectivity index (χ3v) is 3.70. The predicted molar refractivity (Wildman–Crippen MR) is 95.9 cm³/mol. The van der Waals surface area contributed by atoms with E-state index < -0.39 is 0 Å². The lowest BCUT2D eigenvalue weighted by Gasteiger charge is -2.12. The van der Waals surface area contributed by atoms with Crippen molar-refractivity contribution in [3.63, 3.8) is 0 Å². The summed E-state index contributed by atoms with van der Waals surface area (Å²) in [5.74, 6) is 1.43. The number of rotatable bonds is 6. The lowest BCUT2D eigenvalue weighted by Crippen LogP contribution is -2.09. The second kappa shape index (κ2) is 7.59. The fourth-order valence-corrected chi connectivity index (χ4v) is 2.50. The van der Waals surface area contributed by atoms with Gasteiger partial charge in [0.25, 0.3) is 0 Å². The van der Waals surface area contributed by atoms with E-state index in [1.165, 1.54) is 0 Å². The fourth-order valence-electron chi connectivity index (χ4n) is 2.50. The first-order chi connectivity index (χ1) is 12.2. The number of aliphatic hydroxyl groups is 1. The first-order valence-electron chi connectivity index (χ1n) is 7.77. The smallest absolute Gasteiger partial charge is 0.228 e. The second-order valence-electron chi connectivity index (χ2n) is 5.32. The summed E-state index contributed by atoms with van der Waals surface area (Å²) < 4.78 is 5.29. The van der Waals surface area contributed by atoms with Gasteiger partial charge in [-0.1, -0.05) is 42.5 Å². The molecule has 0 spiro atoms. The summed E-state index contributed by atoms with van der Waals surface area (Å²) in [5.41, 5.74) is 8.18. The molecule has 0 amide bonds. The number of aliphatic hydroxyl groups excluding tert-OH is 1. The van der Waals surface area contributed by atoms with E-state index in [9.17, 15) is 5.11 Å². The summed E-state index contributed by atoms with van der Waals surface area (Å²) in [6, 6.07) is 15.3. The van der Waals surface area contributed by atoms with Crippen LogP contribution in [0.25, 0.3) is 11.4 Å². The van der Waals surface area contributed by atoms with Crippen LogP contribution in [0.15, 0.2) is 48.5 Å². The quantitative estimate of drug-likeness (QED) is 0.633. The van der Waals surface area contributed by atoms with Crippen LogP contribution in [0.5, 0.6) is 5.75 Å². The Morgan fingerprint density at radius 2 is 1.84 bits per heavy atom. The maximum absolute atomic E-state index is 9.68. The van der Waals surface area contributed by atoms with Crippen LogP contribution in [0.4, 0.5) is 11.9 Å². The lowest BCUT2D eigenvalue weighted by molar-refractivity contribution is 0.274. The van der Waals surface area contributed by atoms with Crippen molar-refractivity contribution in [2.45, 2.75) is 13.2 Å². The van der Waals surface area contributed by atoms with Crippen molar-refractivity contribution in [1.82, 2.24) is 15.0 Å². The highest BCUT2D eigenvalue weighted by Gasteiger charge is 2.14. The van der Waals surface area contributed by atoms with Crippen molar-refractivity contribution in [3.8, 4) is 17.1 Å². The molecule has 0 atom stereocenters. The van der Waals surface area contributed by atoms with Crippen molar-refractivity contribution >= 4 is 11.9 Å². The fraction of sp³-hybridized carbons (Fsp3) is 0.167. The SMILES string of the molecule is COc1cccc(-c2nc(N)nc(NCc3ccccc3)n2)c1CO. The van der Waals surface area contributed by atoms with Gasteiger partial charge in [-0.25, -0.2) is 0 Å². The topological polar surface area (TPSA) is 106 Å². The minimum absolute atomic E-state index is 0.104. The molecule has 0 radical (unpaired) electrons. The Hall–Kier alpha value is -3.19. The van der Waals surface area contributed by atoms with E-state index in [1.807, 2.05) is 42.5 Å². The van der Waals surface area contributed by atoms with E-state index >= 15 is 0 Å². The molecular weight excluding hydrogens is 318 g/mol. The van der Waals surface area contributed by atoms with E-state index in [4.69, 9.17) is 10.5 Å². The van der Waals surface area contributed by atoms with E-state index in [-0.39, 0.29) is 12.6 Å². The van der Waals surface area contributed by atoms with Crippen molar-refractivity contribution < 1.29 is 9.84 Å². The van der Waals surface area contributed by atoms with E-state index in [2.05, 4.69) is 20.3 Å². The number of methoxy groups -OCH3 is 1. The van der Waals surface area contributed by atoms with Gasteiger partial charge in [-0.2, -0.15) is 15.0 Å². The molecule has 25 heavy (non-hydrogen) atoms. The van der Waals surface area contributed by atoms with Gasteiger partial charge < -0.3 is 20.9 Å². The largest absolute Gasteiger partial charge is 0.496 e. The predicted octanol–water partition coefficient (Wildman–Crippen LogP) is 2.23. The molecule has 1 heterocycles. The van der Waals surface area contributed by atoms with E-state index in [1.54, 1.807) is 13.2 Å². The zero-order chi connectivity index (χ0) is 17.6. The Labute approximate surface area is 145 Å². The normalized spacial score (nSPS) is 10.5. The minimum Gasteiger partial charge on any atom is -0.496 e. The number of aromatic nitrogens is 3. The summed E-state index contributed by atoms with van der Waals surface area (Å²) in [4.78, 5) is 12.7. The lowest BCUT2D eigenvalue weighted by atomic mass is 10.1. The maximum atomic E-state index is 9.68. The zero-order valence-electron chi connectivity index (χ0n) is 13.8. The average molecular weight is 337 g/mol. The number of hydrogen-bond acceptors (Lipinski definition) is 7. The van der Waals surface area contributed by atoms with Gasteiger partial charge in [0.1, 0.15) is 5.75 Å². The third-order valence-electron chi connectivity index (χ3n) is 3.70. The molecule has 128 valence electrons. The van der Waals surface area contributed by atoms with Gasteiger partial charge in [0.2, 0.25) is 11.9 Å². The molecule has 7 nitrogen and oxygen atoms in total. The minimum atomic E-state index is -0.197. The zero-order valence-corrected chi connectivity index (χ0v) is 13.8. The molecule has 0 aliphatic heterocycles. The molecule has 0 unspecified atom stereocenters. The number of nitrogen functional groups attached to an aromatic ring is 1. The average Bonchev–Trinajstić information content (AvgIpc) is 2.66. The first kappa shape index (κ1) is 16.7. The Morgan fingerprint density at radius 3 is 2.56 bits per heavy atom. The van der Waals surface area contributed by atoms with Gasteiger partial charge >= 0.3 is 0 Å². The molecule has 0 fully saturated rings. The molecule has 3 aromatic rings. The van der Waals surface area contributed by atoms with Gasteiger partial charge in [0.15, 0.2) is 5.82 Å². The number of nitrogens with two attached hydrogens (primary N) is 1. The van der Waals surface area contributed by atoms with Crippen molar-refractivity contribution in [3.05, 3.63) is 59.7 Å². The van der Waals surface area contributed by atoms with Crippen LogP contribution in [0, 0.1) is 0 Å². The molecule has 1 aromatic heterocycles. The summed E-state index contributed by atoms with van der Waals surface area (Å²) in [6.45, 7) is 0.367. The highest BCUT2D eigenvalue weighted by Crippen LogP contribution is 2.29. The van der Waals surface area contributed by atoms with Crippen LogP contribution in [0.2, 0.25) is 0 Å². The summed E-state index contributed by atoms with van der Waals surface area (Å²) >= 11 is 0.